The number of likely N-dealkylation sites (tertiary alicyclic amines) is 1. The van der Waals surface area contributed by atoms with Gasteiger partial charge in [0.2, 0.25) is 0 Å². The molecule has 1 aliphatic rings. The van der Waals surface area contributed by atoms with E-state index in [0.29, 0.717) is 13.1 Å². The van der Waals surface area contributed by atoms with Crippen molar-refractivity contribution >= 4 is 5.91 Å². The van der Waals surface area contributed by atoms with Gasteiger partial charge in [-0.25, -0.2) is 0 Å². The third kappa shape index (κ3) is 2.68. The van der Waals surface area contributed by atoms with Crippen molar-refractivity contribution in [2.75, 3.05) is 34.4 Å². The first-order valence-corrected chi connectivity index (χ1v) is 5.01. The van der Waals surface area contributed by atoms with E-state index in [-0.39, 0.29) is 18.1 Å². The molecule has 5 heteroatoms. The van der Waals surface area contributed by atoms with Crippen LogP contribution in [0.1, 0.15) is 6.92 Å². The average Bonchev–Trinajstić information content (AvgIpc) is 2.69. The summed E-state index contributed by atoms with van der Waals surface area (Å²) in [6.45, 7) is 2.88. The number of hydrogen-bond acceptors (Lipinski definition) is 4. The molecule has 5 nitrogen and oxygen atoms in total. The molecule has 3 unspecified atom stereocenters. The molecular formula is C10H19NO4. The third-order valence-electron chi connectivity index (χ3n) is 2.83. The van der Waals surface area contributed by atoms with Crippen molar-refractivity contribution in [3.63, 3.8) is 0 Å². The van der Waals surface area contributed by atoms with Crippen molar-refractivity contribution < 1.29 is 19.0 Å². The number of carbonyl (C=O) groups excluding carboxylic acids is 1. The molecule has 1 fully saturated rings. The first kappa shape index (κ1) is 12.4. The summed E-state index contributed by atoms with van der Waals surface area (Å²) in [5.74, 6) is -0.0147. The van der Waals surface area contributed by atoms with Gasteiger partial charge in [0.1, 0.15) is 18.3 Å². The highest BCUT2D eigenvalue weighted by Gasteiger charge is 2.36. The molecule has 0 aromatic heterocycles. The minimum absolute atomic E-state index is 0.0147. The molecule has 88 valence electrons. The molecule has 0 aromatic rings. The fourth-order valence-corrected chi connectivity index (χ4v) is 1.73. The normalized spacial score (nSPS) is 28.1. The topological polar surface area (TPSA) is 48.0 Å². The number of ether oxygens (including phenoxy) is 3. The van der Waals surface area contributed by atoms with Gasteiger partial charge >= 0.3 is 0 Å². The molecule has 1 heterocycles. The smallest absolute Gasteiger partial charge is 0.251 e. The highest BCUT2D eigenvalue weighted by molar-refractivity contribution is 5.80. The van der Waals surface area contributed by atoms with Crippen LogP contribution in [0.2, 0.25) is 0 Å². The van der Waals surface area contributed by atoms with Crippen LogP contribution in [0.4, 0.5) is 0 Å². The lowest BCUT2D eigenvalue weighted by molar-refractivity contribution is -0.140. The van der Waals surface area contributed by atoms with Crippen molar-refractivity contribution in [3.05, 3.63) is 0 Å². The van der Waals surface area contributed by atoms with Gasteiger partial charge in [-0.3, -0.25) is 4.79 Å². The maximum Gasteiger partial charge on any atom is 0.251 e. The van der Waals surface area contributed by atoms with Crippen molar-refractivity contribution in [3.8, 4) is 0 Å². The fourth-order valence-electron chi connectivity index (χ4n) is 1.73. The van der Waals surface area contributed by atoms with E-state index in [2.05, 4.69) is 0 Å². The van der Waals surface area contributed by atoms with E-state index < -0.39 is 6.10 Å². The molecule has 0 spiro atoms. The summed E-state index contributed by atoms with van der Waals surface area (Å²) >= 11 is 0. The molecule has 0 saturated carbocycles. The summed E-state index contributed by atoms with van der Waals surface area (Å²) in [7, 11) is 4.79. The molecule has 0 N–H and O–H groups in total. The molecular weight excluding hydrogens is 198 g/mol. The number of carbonyl (C=O) groups is 1. The lowest BCUT2D eigenvalue weighted by Gasteiger charge is -2.19. The number of rotatable bonds is 4. The second-order valence-corrected chi connectivity index (χ2v) is 3.67. The van der Waals surface area contributed by atoms with Gasteiger partial charge in [0, 0.05) is 34.4 Å². The van der Waals surface area contributed by atoms with Gasteiger partial charge in [-0.05, 0) is 6.92 Å². The molecule has 1 aliphatic heterocycles. The van der Waals surface area contributed by atoms with E-state index in [1.54, 1.807) is 26.0 Å². The fraction of sp³-hybridized carbons (Fsp3) is 0.900. The maximum atomic E-state index is 11.8. The van der Waals surface area contributed by atoms with Crippen LogP contribution in [0.15, 0.2) is 0 Å². The van der Waals surface area contributed by atoms with Gasteiger partial charge in [0.25, 0.3) is 5.91 Å². The molecule has 1 rings (SSSR count). The Morgan fingerprint density at radius 1 is 1.20 bits per heavy atom. The largest absolute Gasteiger partial charge is 0.377 e. The average molecular weight is 217 g/mol. The third-order valence-corrected chi connectivity index (χ3v) is 2.83. The Kier molecular flexibility index (Phi) is 4.50. The van der Waals surface area contributed by atoms with Crippen LogP contribution < -0.4 is 0 Å². The van der Waals surface area contributed by atoms with Gasteiger partial charge in [-0.15, -0.1) is 0 Å². The van der Waals surface area contributed by atoms with Crippen LogP contribution in [-0.4, -0.2) is 63.5 Å². The van der Waals surface area contributed by atoms with E-state index in [1.165, 1.54) is 7.11 Å². The second kappa shape index (κ2) is 5.44. The molecule has 3 atom stereocenters. The number of nitrogens with zero attached hydrogens (tertiary/aromatic N) is 1. The highest BCUT2D eigenvalue weighted by Crippen LogP contribution is 2.16. The van der Waals surface area contributed by atoms with E-state index in [0.717, 1.165) is 0 Å². The summed E-state index contributed by atoms with van der Waals surface area (Å²) in [5, 5.41) is 0. The van der Waals surface area contributed by atoms with E-state index in [4.69, 9.17) is 14.2 Å². The maximum absolute atomic E-state index is 11.8. The van der Waals surface area contributed by atoms with Crippen molar-refractivity contribution in [1.29, 1.82) is 0 Å². The van der Waals surface area contributed by atoms with E-state index in [1.807, 2.05) is 0 Å². The van der Waals surface area contributed by atoms with Gasteiger partial charge < -0.3 is 19.1 Å². The highest BCUT2D eigenvalue weighted by atomic mass is 16.5. The predicted molar refractivity (Wildman–Crippen MR) is 54.6 cm³/mol. The minimum atomic E-state index is -0.405. The lowest BCUT2D eigenvalue weighted by atomic mass is 10.3. The first-order valence-electron chi connectivity index (χ1n) is 5.01. The molecule has 1 amide bonds. The Hall–Kier alpha value is -0.650. The Labute approximate surface area is 90.3 Å². The molecule has 1 saturated heterocycles. The van der Waals surface area contributed by atoms with E-state index >= 15 is 0 Å². The van der Waals surface area contributed by atoms with Crippen LogP contribution in [-0.2, 0) is 19.0 Å². The minimum Gasteiger partial charge on any atom is -0.377 e. The van der Waals surface area contributed by atoms with Crippen LogP contribution in [0.25, 0.3) is 0 Å². The van der Waals surface area contributed by atoms with Gasteiger partial charge in [-0.1, -0.05) is 0 Å². The van der Waals surface area contributed by atoms with Crippen LogP contribution in [0, 0.1) is 0 Å². The van der Waals surface area contributed by atoms with E-state index in [9.17, 15) is 4.79 Å². The van der Waals surface area contributed by atoms with Gasteiger partial charge in [0.05, 0.1) is 0 Å². The Morgan fingerprint density at radius 2 is 1.67 bits per heavy atom. The SMILES string of the molecule is COC(C)C(=O)N1CC(OC)C(OC)C1. The van der Waals surface area contributed by atoms with Crippen LogP contribution >= 0.6 is 0 Å². The Morgan fingerprint density at radius 3 is 2.00 bits per heavy atom. The summed E-state index contributed by atoms with van der Waals surface area (Å²) in [6.07, 6.45) is -0.482. The summed E-state index contributed by atoms with van der Waals surface area (Å²) in [4.78, 5) is 13.5. The zero-order chi connectivity index (χ0) is 11.4. The first-order chi connectivity index (χ1) is 7.13. The van der Waals surface area contributed by atoms with Gasteiger partial charge in [0.15, 0.2) is 0 Å². The molecule has 0 bridgehead atoms. The lowest BCUT2D eigenvalue weighted by Crippen LogP contribution is -2.37. The quantitative estimate of drug-likeness (QED) is 0.659. The predicted octanol–water partition coefficient (Wildman–Crippen LogP) is -0.106. The van der Waals surface area contributed by atoms with Crippen molar-refractivity contribution in [2.24, 2.45) is 0 Å². The molecule has 0 radical (unpaired) electrons. The number of hydrogen-bond donors (Lipinski definition) is 0. The summed E-state index contributed by atoms with van der Waals surface area (Å²) in [5.41, 5.74) is 0. The summed E-state index contributed by atoms with van der Waals surface area (Å²) in [6, 6.07) is 0. The zero-order valence-corrected chi connectivity index (χ0v) is 9.73. The molecule has 0 aromatic carbocycles. The van der Waals surface area contributed by atoms with Crippen molar-refractivity contribution in [2.45, 2.75) is 25.2 Å². The van der Waals surface area contributed by atoms with Gasteiger partial charge in [-0.2, -0.15) is 0 Å². The zero-order valence-electron chi connectivity index (χ0n) is 9.73. The standard InChI is InChI=1S/C10H19NO4/c1-7(13-2)10(12)11-5-8(14-3)9(6-11)15-4/h7-9H,5-6H2,1-4H3. The Balaban J connectivity index is 2.56. The number of amides is 1. The second-order valence-electron chi connectivity index (χ2n) is 3.67. The van der Waals surface area contributed by atoms with Crippen molar-refractivity contribution in [1.82, 2.24) is 4.90 Å². The molecule has 0 aliphatic carbocycles. The Bertz CT molecular complexity index is 209. The monoisotopic (exact) mass is 217 g/mol. The molecule has 15 heavy (non-hydrogen) atoms. The summed E-state index contributed by atoms with van der Waals surface area (Å²) < 4.78 is 15.5. The number of methoxy groups -OCH3 is 3. The van der Waals surface area contributed by atoms with Crippen LogP contribution in [0.3, 0.4) is 0 Å². The van der Waals surface area contributed by atoms with Crippen LogP contribution in [0.5, 0.6) is 0 Å².